The minimum atomic E-state index is -0.224. The van der Waals surface area contributed by atoms with Gasteiger partial charge >= 0.3 is 0 Å². The third-order valence-corrected chi connectivity index (χ3v) is 4.00. The van der Waals surface area contributed by atoms with Gasteiger partial charge in [0.25, 0.3) is 5.91 Å². The van der Waals surface area contributed by atoms with Crippen LogP contribution in [0.2, 0.25) is 0 Å². The van der Waals surface area contributed by atoms with Crippen LogP contribution in [0.4, 0.5) is 11.5 Å². The van der Waals surface area contributed by atoms with Crippen LogP contribution in [-0.2, 0) is 0 Å². The second-order valence-corrected chi connectivity index (χ2v) is 5.70. The van der Waals surface area contributed by atoms with Crippen molar-refractivity contribution in [2.75, 3.05) is 11.9 Å². The van der Waals surface area contributed by atoms with Crippen LogP contribution in [0.3, 0.4) is 0 Å². The summed E-state index contributed by atoms with van der Waals surface area (Å²) in [5, 5.41) is 16.2. The van der Waals surface area contributed by atoms with Gasteiger partial charge in [0.05, 0.1) is 18.2 Å². The molecule has 1 unspecified atom stereocenters. The van der Waals surface area contributed by atoms with E-state index in [0.717, 1.165) is 16.6 Å². The maximum absolute atomic E-state index is 12.2. The van der Waals surface area contributed by atoms with E-state index in [-0.39, 0.29) is 18.6 Å². The molecule has 0 saturated heterocycles. The summed E-state index contributed by atoms with van der Waals surface area (Å²) < 4.78 is 0. The molecule has 128 valence electrons. The number of carbonyl (C=O) groups excluding carboxylic acids is 1. The van der Waals surface area contributed by atoms with Gasteiger partial charge in [-0.3, -0.25) is 4.79 Å². The highest BCUT2D eigenvalue weighted by Crippen LogP contribution is 2.22. The van der Waals surface area contributed by atoms with Gasteiger partial charge in [0.15, 0.2) is 0 Å². The number of para-hydroxylation sites is 1. The van der Waals surface area contributed by atoms with Gasteiger partial charge in [-0.1, -0.05) is 19.1 Å². The lowest BCUT2D eigenvalue weighted by atomic mass is 10.1. The topological polar surface area (TPSA) is 87.1 Å². The first kappa shape index (κ1) is 16.9. The Hall–Kier alpha value is -2.99. The molecule has 25 heavy (non-hydrogen) atoms. The van der Waals surface area contributed by atoms with Gasteiger partial charge in [0, 0.05) is 16.6 Å². The number of benzene rings is 2. The minimum absolute atomic E-state index is 0.0668. The van der Waals surface area contributed by atoms with Crippen molar-refractivity contribution in [3.05, 3.63) is 60.4 Å². The van der Waals surface area contributed by atoms with E-state index in [0.29, 0.717) is 17.8 Å². The molecule has 0 fully saturated rings. The van der Waals surface area contributed by atoms with E-state index >= 15 is 0 Å². The molecule has 0 aliphatic carbocycles. The largest absolute Gasteiger partial charge is 0.394 e. The van der Waals surface area contributed by atoms with Crippen molar-refractivity contribution in [3.8, 4) is 0 Å². The van der Waals surface area contributed by atoms with Crippen LogP contribution in [-0.4, -0.2) is 33.6 Å². The zero-order chi connectivity index (χ0) is 17.6. The molecule has 1 aromatic heterocycles. The average Bonchev–Trinajstić information content (AvgIpc) is 2.67. The second-order valence-electron chi connectivity index (χ2n) is 5.70. The summed E-state index contributed by atoms with van der Waals surface area (Å²) in [5.74, 6) is 0.522. The second kappa shape index (κ2) is 7.72. The molecule has 3 rings (SSSR count). The Bertz CT molecular complexity index is 855. The van der Waals surface area contributed by atoms with Gasteiger partial charge in [-0.2, -0.15) is 0 Å². The molecule has 0 saturated carbocycles. The van der Waals surface area contributed by atoms with Crippen molar-refractivity contribution in [1.29, 1.82) is 0 Å². The summed E-state index contributed by atoms with van der Waals surface area (Å²) in [7, 11) is 0. The van der Waals surface area contributed by atoms with Crippen molar-refractivity contribution >= 4 is 28.3 Å². The first-order valence-electron chi connectivity index (χ1n) is 8.19. The number of fused-ring (bicyclic) bond motifs is 1. The fraction of sp³-hybridized carbons (Fsp3) is 0.211. The van der Waals surface area contributed by atoms with Crippen molar-refractivity contribution < 1.29 is 9.90 Å². The lowest BCUT2D eigenvalue weighted by molar-refractivity contribution is 0.0915. The van der Waals surface area contributed by atoms with Crippen LogP contribution in [0.5, 0.6) is 0 Å². The van der Waals surface area contributed by atoms with Crippen molar-refractivity contribution in [3.63, 3.8) is 0 Å². The fourth-order valence-electron chi connectivity index (χ4n) is 2.49. The standard InChI is InChI=1S/C19H20N4O2/c1-2-14(11-24)23-19(25)13-7-9-15(10-8-13)22-18-16-5-3-4-6-17(16)20-12-21-18/h3-10,12,14,24H,2,11H2,1H3,(H,23,25)(H,20,21,22). The number of nitrogens with one attached hydrogen (secondary N) is 2. The lowest BCUT2D eigenvalue weighted by Gasteiger charge is -2.14. The molecule has 3 N–H and O–H groups in total. The molecule has 2 aromatic carbocycles. The average molecular weight is 336 g/mol. The molecule has 1 amide bonds. The van der Waals surface area contributed by atoms with Gasteiger partial charge in [0.2, 0.25) is 0 Å². The smallest absolute Gasteiger partial charge is 0.251 e. The third-order valence-electron chi connectivity index (χ3n) is 4.00. The number of nitrogens with zero attached hydrogens (tertiary/aromatic N) is 2. The number of aliphatic hydroxyl groups excluding tert-OH is 1. The summed E-state index contributed by atoms with van der Waals surface area (Å²) in [6, 6.07) is 14.7. The summed E-state index contributed by atoms with van der Waals surface area (Å²) in [6.45, 7) is 1.85. The van der Waals surface area contributed by atoms with Gasteiger partial charge < -0.3 is 15.7 Å². The van der Waals surface area contributed by atoms with E-state index in [2.05, 4.69) is 20.6 Å². The zero-order valence-corrected chi connectivity index (χ0v) is 13.9. The van der Waals surface area contributed by atoms with E-state index in [1.807, 2.05) is 43.3 Å². The van der Waals surface area contributed by atoms with E-state index in [1.165, 1.54) is 6.33 Å². The first-order valence-corrected chi connectivity index (χ1v) is 8.19. The predicted molar refractivity (Wildman–Crippen MR) is 97.9 cm³/mol. The summed E-state index contributed by atoms with van der Waals surface area (Å²) in [5.41, 5.74) is 2.24. The monoisotopic (exact) mass is 336 g/mol. The van der Waals surface area contributed by atoms with E-state index < -0.39 is 0 Å². The molecular formula is C19H20N4O2. The van der Waals surface area contributed by atoms with Gasteiger partial charge in [-0.15, -0.1) is 0 Å². The highest BCUT2D eigenvalue weighted by Gasteiger charge is 2.11. The molecule has 6 nitrogen and oxygen atoms in total. The van der Waals surface area contributed by atoms with Gasteiger partial charge in [-0.05, 0) is 42.8 Å². The molecule has 1 atom stereocenters. The zero-order valence-electron chi connectivity index (χ0n) is 13.9. The minimum Gasteiger partial charge on any atom is -0.394 e. The van der Waals surface area contributed by atoms with Crippen LogP contribution in [0, 0.1) is 0 Å². The Labute approximate surface area is 145 Å². The third kappa shape index (κ3) is 3.92. The summed E-state index contributed by atoms with van der Waals surface area (Å²) in [6.07, 6.45) is 2.20. The van der Waals surface area contributed by atoms with Crippen LogP contribution in [0.25, 0.3) is 10.9 Å². The van der Waals surface area contributed by atoms with Crippen molar-refractivity contribution in [2.24, 2.45) is 0 Å². The molecule has 3 aromatic rings. The maximum Gasteiger partial charge on any atom is 0.251 e. The number of aliphatic hydroxyl groups is 1. The molecule has 0 spiro atoms. The Balaban J connectivity index is 1.75. The van der Waals surface area contributed by atoms with E-state index in [4.69, 9.17) is 0 Å². The number of carbonyl (C=O) groups is 1. The predicted octanol–water partition coefficient (Wildman–Crippen LogP) is 2.87. The lowest BCUT2D eigenvalue weighted by Crippen LogP contribution is -2.36. The molecular weight excluding hydrogens is 316 g/mol. The van der Waals surface area contributed by atoms with Gasteiger partial charge in [0.1, 0.15) is 12.1 Å². The summed E-state index contributed by atoms with van der Waals surface area (Å²) >= 11 is 0. The van der Waals surface area contributed by atoms with E-state index in [1.54, 1.807) is 12.1 Å². The molecule has 6 heteroatoms. The number of aromatic nitrogens is 2. The number of amides is 1. The van der Waals surface area contributed by atoms with E-state index in [9.17, 15) is 9.90 Å². The Morgan fingerprint density at radius 3 is 2.60 bits per heavy atom. The van der Waals surface area contributed by atoms with Crippen LogP contribution in [0.15, 0.2) is 54.9 Å². The van der Waals surface area contributed by atoms with Crippen LogP contribution < -0.4 is 10.6 Å². The summed E-state index contributed by atoms with van der Waals surface area (Å²) in [4.78, 5) is 20.7. The molecule has 0 radical (unpaired) electrons. The number of anilines is 2. The molecule has 0 aliphatic rings. The highest BCUT2D eigenvalue weighted by atomic mass is 16.3. The molecule has 1 heterocycles. The van der Waals surface area contributed by atoms with Gasteiger partial charge in [-0.25, -0.2) is 9.97 Å². The normalized spacial score (nSPS) is 11.9. The number of rotatable bonds is 6. The quantitative estimate of drug-likeness (QED) is 0.644. The van der Waals surface area contributed by atoms with Crippen molar-refractivity contribution in [2.45, 2.75) is 19.4 Å². The molecule has 0 bridgehead atoms. The Kier molecular flexibility index (Phi) is 5.20. The number of hydrogen-bond donors (Lipinski definition) is 3. The van der Waals surface area contributed by atoms with Crippen LogP contribution in [0.1, 0.15) is 23.7 Å². The first-order chi connectivity index (χ1) is 12.2. The maximum atomic E-state index is 12.2. The fourth-order valence-corrected chi connectivity index (χ4v) is 2.49. The van der Waals surface area contributed by atoms with Crippen molar-refractivity contribution in [1.82, 2.24) is 15.3 Å². The number of hydrogen-bond acceptors (Lipinski definition) is 5. The SMILES string of the molecule is CCC(CO)NC(=O)c1ccc(Nc2ncnc3ccccc23)cc1. The highest BCUT2D eigenvalue weighted by molar-refractivity contribution is 5.95. The van der Waals surface area contributed by atoms with Crippen LogP contribution >= 0.6 is 0 Å². The Morgan fingerprint density at radius 2 is 1.88 bits per heavy atom. The Morgan fingerprint density at radius 1 is 1.12 bits per heavy atom. The molecule has 0 aliphatic heterocycles.